The molecule has 2 aliphatic heterocycles. The third-order valence-electron chi connectivity index (χ3n) is 3.67. The Kier molecular flexibility index (Phi) is 4.49. The molecule has 0 aromatic heterocycles. The zero-order valence-electron chi connectivity index (χ0n) is 11.1. The van der Waals surface area contributed by atoms with E-state index in [9.17, 15) is 18.6 Å². The average molecular weight is 294 g/mol. The van der Waals surface area contributed by atoms with Gasteiger partial charge in [0.15, 0.2) is 0 Å². The second kappa shape index (κ2) is 5.63. The van der Waals surface area contributed by atoms with Gasteiger partial charge < -0.3 is 14.9 Å². The van der Waals surface area contributed by atoms with Crippen LogP contribution in [0.3, 0.4) is 0 Å². The number of rotatable bonds is 4. The number of nitrogens with one attached hydrogen (secondary N) is 1. The van der Waals surface area contributed by atoms with Crippen molar-refractivity contribution in [2.75, 3.05) is 39.1 Å². The van der Waals surface area contributed by atoms with Gasteiger partial charge in [-0.15, -0.1) is 0 Å². The lowest BCUT2D eigenvalue weighted by Gasteiger charge is -2.35. The second-order valence-corrected chi connectivity index (χ2v) is 7.37. The van der Waals surface area contributed by atoms with Crippen LogP contribution in [0.25, 0.3) is 0 Å². The van der Waals surface area contributed by atoms with Crippen molar-refractivity contribution >= 4 is 10.0 Å². The van der Waals surface area contributed by atoms with E-state index in [0.29, 0.717) is 45.7 Å². The van der Waals surface area contributed by atoms with Crippen LogP contribution in [0.2, 0.25) is 0 Å². The van der Waals surface area contributed by atoms with E-state index in [4.69, 9.17) is 4.74 Å². The molecule has 0 unspecified atom stereocenters. The molecule has 0 radical (unpaired) electrons. The monoisotopic (exact) mass is 294 g/mol. The molecule has 2 saturated heterocycles. The molecule has 112 valence electrons. The molecule has 0 bridgehead atoms. The fourth-order valence-electron chi connectivity index (χ4n) is 2.71. The Morgan fingerprint density at radius 2 is 2.00 bits per heavy atom. The maximum absolute atomic E-state index is 11.2. The van der Waals surface area contributed by atoms with Crippen molar-refractivity contribution in [2.24, 2.45) is 0 Å². The summed E-state index contributed by atoms with van der Waals surface area (Å²) in [6, 6.07) is -0.501. The number of nitrogens with zero attached hydrogens (tertiary/aromatic N) is 1. The zero-order valence-corrected chi connectivity index (χ0v) is 11.9. The minimum Gasteiger partial charge on any atom is -0.390 e. The number of aliphatic hydroxyl groups excluding tert-OH is 1. The van der Waals surface area contributed by atoms with Crippen LogP contribution in [0.4, 0.5) is 0 Å². The fraction of sp³-hybridized carbons (Fsp3) is 1.00. The van der Waals surface area contributed by atoms with Crippen LogP contribution < -0.4 is 4.72 Å². The molecule has 2 atom stereocenters. The molecule has 0 amide bonds. The van der Waals surface area contributed by atoms with Gasteiger partial charge in [-0.3, -0.25) is 4.90 Å². The van der Waals surface area contributed by atoms with Crippen molar-refractivity contribution < 1.29 is 23.4 Å². The van der Waals surface area contributed by atoms with E-state index >= 15 is 0 Å². The Morgan fingerprint density at radius 1 is 1.37 bits per heavy atom. The van der Waals surface area contributed by atoms with Gasteiger partial charge >= 0.3 is 0 Å². The SMILES string of the molecule is CS(=O)(=O)N[C@@H]1CN(CC2(O)CCOCC2)C[C@H]1O. The molecule has 0 aromatic rings. The van der Waals surface area contributed by atoms with Gasteiger partial charge in [0.2, 0.25) is 10.0 Å². The predicted octanol–water partition coefficient (Wildman–Crippen LogP) is -1.88. The zero-order chi connectivity index (χ0) is 14.1. The van der Waals surface area contributed by atoms with Gasteiger partial charge in [0.05, 0.1) is 24.0 Å². The third kappa shape index (κ3) is 4.37. The highest BCUT2D eigenvalue weighted by Crippen LogP contribution is 2.24. The molecule has 2 heterocycles. The highest BCUT2D eigenvalue weighted by Gasteiger charge is 2.38. The summed E-state index contributed by atoms with van der Waals surface area (Å²) in [5.41, 5.74) is -0.794. The summed E-state index contributed by atoms with van der Waals surface area (Å²) in [7, 11) is -3.33. The van der Waals surface area contributed by atoms with E-state index < -0.39 is 27.8 Å². The van der Waals surface area contributed by atoms with Gasteiger partial charge in [-0.05, 0) is 0 Å². The number of aliphatic hydroxyl groups is 2. The highest BCUT2D eigenvalue weighted by atomic mass is 32.2. The Balaban J connectivity index is 1.90. The normalized spacial score (nSPS) is 32.6. The lowest BCUT2D eigenvalue weighted by molar-refractivity contribution is -0.0780. The van der Waals surface area contributed by atoms with Gasteiger partial charge in [-0.1, -0.05) is 0 Å². The number of sulfonamides is 1. The Bertz CT molecular complexity index is 407. The Hall–Kier alpha value is -0.250. The summed E-state index contributed by atoms with van der Waals surface area (Å²) >= 11 is 0. The molecular formula is C11H22N2O5S. The molecule has 19 heavy (non-hydrogen) atoms. The maximum atomic E-state index is 11.2. The molecule has 0 aromatic carbocycles. The van der Waals surface area contributed by atoms with Gasteiger partial charge in [0.25, 0.3) is 0 Å². The number of β-amino-alcohol motifs (C(OH)–C–C–N with tert-alkyl or cyclic N) is 2. The third-order valence-corrected chi connectivity index (χ3v) is 4.40. The summed E-state index contributed by atoms with van der Waals surface area (Å²) in [4.78, 5) is 1.90. The van der Waals surface area contributed by atoms with Gasteiger partial charge in [0.1, 0.15) is 0 Å². The summed E-state index contributed by atoms with van der Waals surface area (Å²) in [5.74, 6) is 0. The van der Waals surface area contributed by atoms with Crippen LogP contribution >= 0.6 is 0 Å². The Labute approximate surface area is 113 Å². The number of likely N-dealkylation sites (tertiary alicyclic amines) is 1. The van der Waals surface area contributed by atoms with Crippen molar-refractivity contribution in [2.45, 2.75) is 30.6 Å². The van der Waals surface area contributed by atoms with Crippen molar-refractivity contribution in [1.29, 1.82) is 0 Å². The predicted molar refractivity (Wildman–Crippen MR) is 69.2 cm³/mol. The van der Waals surface area contributed by atoms with Crippen LogP contribution in [0.1, 0.15) is 12.8 Å². The molecule has 3 N–H and O–H groups in total. The van der Waals surface area contributed by atoms with Crippen LogP contribution in [-0.2, 0) is 14.8 Å². The van der Waals surface area contributed by atoms with Crippen LogP contribution in [0, 0.1) is 0 Å². The molecular weight excluding hydrogens is 272 g/mol. The van der Waals surface area contributed by atoms with Crippen LogP contribution in [-0.4, -0.2) is 80.4 Å². The maximum Gasteiger partial charge on any atom is 0.209 e. The molecule has 2 fully saturated rings. The van der Waals surface area contributed by atoms with E-state index in [1.807, 2.05) is 4.90 Å². The average Bonchev–Trinajstić information content (AvgIpc) is 2.56. The summed E-state index contributed by atoms with van der Waals surface area (Å²) in [5, 5.41) is 20.3. The first-order valence-corrected chi connectivity index (χ1v) is 8.34. The lowest BCUT2D eigenvalue weighted by Crippen LogP contribution is -2.47. The topological polar surface area (TPSA) is 99.1 Å². The fourth-order valence-corrected chi connectivity index (χ4v) is 3.49. The second-order valence-electron chi connectivity index (χ2n) is 5.59. The highest BCUT2D eigenvalue weighted by molar-refractivity contribution is 7.88. The van der Waals surface area contributed by atoms with Crippen molar-refractivity contribution in [3.63, 3.8) is 0 Å². The summed E-state index contributed by atoms with van der Waals surface area (Å²) < 4.78 is 30.0. The number of ether oxygens (including phenoxy) is 1. The summed E-state index contributed by atoms with van der Waals surface area (Å²) in [6.45, 7) is 2.30. The first-order chi connectivity index (χ1) is 8.77. The van der Waals surface area contributed by atoms with E-state index in [1.54, 1.807) is 0 Å². The van der Waals surface area contributed by atoms with Crippen molar-refractivity contribution in [3.8, 4) is 0 Å². The van der Waals surface area contributed by atoms with Crippen molar-refractivity contribution in [3.05, 3.63) is 0 Å². The van der Waals surface area contributed by atoms with E-state index in [2.05, 4.69) is 4.72 Å². The van der Waals surface area contributed by atoms with E-state index in [-0.39, 0.29) is 0 Å². The molecule has 8 heteroatoms. The molecule has 0 spiro atoms. The van der Waals surface area contributed by atoms with Gasteiger partial charge in [-0.25, -0.2) is 13.1 Å². The lowest BCUT2D eigenvalue weighted by atomic mass is 9.94. The number of hydrogen-bond acceptors (Lipinski definition) is 6. The van der Waals surface area contributed by atoms with Gasteiger partial charge in [-0.2, -0.15) is 0 Å². The minimum atomic E-state index is -3.33. The molecule has 0 aliphatic carbocycles. The first kappa shape index (κ1) is 15.1. The molecule has 2 aliphatic rings. The van der Waals surface area contributed by atoms with E-state index in [1.165, 1.54) is 0 Å². The quantitative estimate of drug-likeness (QED) is 0.561. The number of hydrogen-bond donors (Lipinski definition) is 3. The standard InChI is InChI=1S/C11H22N2O5S/c1-19(16,17)12-9-6-13(7-10(9)14)8-11(15)2-4-18-5-3-11/h9-10,12,14-15H,2-8H2,1H3/t9-,10-/m1/s1. The minimum absolute atomic E-state index is 0.371. The molecule has 2 rings (SSSR count). The first-order valence-electron chi connectivity index (χ1n) is 6.45. The van der Waals surface area contributed by atoms with Crippen LogP contribution in [0.5, 0.6) is 0 Å². The molecule has 7 nitrogen and oxygen atoms in total. The van der Waals surface area contributed by atoms with Crippen LogP contribution in [0.15, 0.2) is 0 Å². The van der Waals surface area contributed by atoms with E-state index in [0.717, 1.165) is 6.26 Å². The summed E-state index contributed by atoms with van der Waals surface area (Å²) in [6.07, 6.45) is 1.49. The van der Waals surface area contributed by atoms with Crippen molar-refractivity contribution in [1.82, 2.24) is 9.62 Å². The smallest absolute Gasteiger partial charge is 0.209 e. The van der Waals surface area contributed by atoms with Gasteiger partial charge in [0, 0.05) is 45.7 Å². The molecule has 0 saturated carbocycles. The largest absolute Gasteiger partial charge is 0.390 e. The Morgan fingerprint density at radius 3 is 2.58 bits per heavy atom.